The molecule has 1 aromatic heterocycles. The van der Waals surface area contributed by atoms with Crippen molar-refractivity contribution in [2.45, 2.75) is 18.5 Å². The van der Waals surface area contributed by atoms with E-state index in [1.807, 2.05) is 5.21 Å². The zero-order valence-electron chi connectivity index (χ0n) is 16.7. The van der Waals surface area contributed by atoms with Gasteiger partial charge in [-0.2, -0.15) is 32.3 Å². The van der Waals surface area contributed by atoms with E-state index in [0.717, 1.165) is 24.3 Å². The highest BCUT2D eigenvalue weighted by Crippen LogP contribution is 2.37. The lowest BCUT2D eigenvalue weighted by Crippen LogP contribution is -2.21. The summed E-state index contributed by atoms with van der Waals surface area (Å²) in [5.74, 6) is -8.54. The van der Waals surface area contributed by atoms with Crippen LogP contribution in [0.3, 0.4) is 0 Å². The van der Waals surface area contributed by atoms with Crippen molar-refractivity contribution in [2.75, 3.05) is 0 Å². The number of hydrogen-bond acceptors (Lipinski definition) is 5. The van der Waals surface area contributed by atoms with E-state index in [1.54, 1.807) is 0 Å². The molecule has 0 saturated heterocycles. The minimum Gasteiger partial charge on any atom is -0.476 e. The lowest BCUT2D eigenvalue weighted by Gasteiger charge is -2.15. The SMILES string of the molecule is O=C(O)C(F)(F)F.O=C(O)c1n[nH]nc1C(F)(F)c1ccc(-c2ccc(OC(F)(F)F)cc2)cc1. The summed E-state index contributed by atoms with van der Waals surface area (Å²) in [5, 5.41) is 24.3. The number of nitrogens with zero attached hydrogens (tertiary/aromatic N) is 2. The Morgan fingerprint density at radius 1 is 0.771 bits per heavy atom. The normalized spacial score (nSPS) is 11.9. The molecule has 0 aliphatic carbocycles. The van der Waals surface area contributed by atoms with Gasteiger partial charge in [0.1, 0.15) is 5.75 Å². The Bertz CT molecular complexity index is 1170. The molecule has 0 aliphatic rings. The molecule has 0 fully saturated rings. The number of aromatic amines is 1. The number of halogens is 8. The molecular weight excluding hydrogens is 502 g/mol. The van der Waals surface area contributed by atoms with E-state index >= 15 is 0 Å². The quantitative estimate of drug-likeness (QED) is 0.417. The molecule has 0 radical (unpaired) electrons. The fraction of sp³-hybridized carbons (Fsp3) is 0.158. The zero-order chi connectivity index (χ0) is 26.6. The monoisotopic (exact) mass is 513 g/mol. The molecule has 2 aromatic carbocycles. The molecular formula is C19H11F8N3O5. The Balaban J connectivity index is 0.000000540. The number of alkyl halides is 8. The van der Waals surface area contributed by atoms with Crippen LogP contribution in [-0.2, 0) is 10.7 Å². The van der Waals surface area contributed by atoms with Gasteiger partial charge in [-0.25, -0.2) is 9.59 Å². The Morgan fingerprint density at radius 3 is 1.63 bits per heavy atom. The second-order valence-corrected chi connectivity index (χ2v) is 6.35. The molecule has 0 aliphatic heterocycles. The van der Waals surface area contributed by atoms with Crippen LogP contribution in [0, 0.1) is 0 Å². The summed E-state index contributed by atoms with van der Waals surface area (Å²) in [5.41, 5.74) is -1.52. The molecule has 0 saturated carbocycles. The second kappa shape index (κ2) is 9.94. The van der Waals surface area contributed by atoms with Crippen LogP contribution < -0.4 is 4.74 Å². The van der Waals surface area contributed by atoms with Crippen LogP contribution in [-0.4, -0.2) is 50.1 Å². The number of rotatable bonds is 5. The largest absolute Gasteiger partial charge is 0.573 e. The molecule has 0 amide bonds. The average molecular weight is 513 g/mol. The Hall–Kier alpha value is -4.24. The van der Waals surface area contributed by atoms with E-state index < -0.39 is 53.1 Å². The molecule has 3 rings (SSSR count). The number of carbonyl (C=O) groups is 2. The molecule has 0 spiro atoms. The van der Waals surface area contributed by atoms with Gasteiger partial charge in [0, 0.05) is 5.56 Å². The van der Waals surface area contributed by atoms with Gasteiger partial charge in [0.15, 0.2) is 11.4 Å². The Kier molecular flexibility index (Phi) is 7.67. The maximum Gasteiger partial charge on any atom is 0.573 e. The first kappa shape index (κ1) is 27.0. The van der Waals surface area contributed by atoms with Crippen molar-refractivity contribution in [1.82, 2.24) is 15.4 Å². The van der Waals surface area contributed by atoms with Crippen LogP contribution in [0.2, 0.25) is 0 Å². The molecule has 0 unspecified atom stereocenters. The van der Waals surface area contributed by atoms with Crippen molar-refractivity contribution in [1.29, 1.82) is 0 Å². The maximum absolute atomic E-state index is 14.6. The predicted octanol–water partition coefficient (Wildman–Crippen LogP) is 4.84. The first-order chi connectivity index (χ1) is 16.0. The van der Waals surface area contributed by atoms with Crippen molar-refractivity contribution in [3.63, 3.8) is 0 Å². The molecule has 3 N–H and O–H groups in total. The van der Waals surface area contributed by atoms with Crippen LogP contribution in [0.5, 0.6) is 5.75 Å². The summed E-state index contributed by atoms with van der Waals surface area (Å²) in [6.45, 7) is 0. The Labute approximate surface area is 188 Å². The van der Waals surface area contributed by atoms with Crippen molar-refractivity contribution >= 4 is 11.9 Å². The number of carboxylic acids is 2. The number of hydrogen-bond donors (Lipinski definition) is 3. The fourth-order valence-electron chi connectivity index (χ4n) is 2.46. The minimum absolute atomic E-state index is 0.411. The predicted molar refractivity (Wildman–Crippen MR) is 98.6 cm³/mol. The van der Waals surface area contributed by atoms with Gasteiger partial charge in [0.25, 0.3) is 0 Å². The van der Waals surface area contributed by atoms with Crippen LogP contribution >= 0.6 is 0 Å². The topological polar surface area (TPSA) is 125 Å². The van der Waals surface area contributed by atoms with Crippen molar-refractivity contribution in [3.8, 4) is 16.9 Å². The number of aromatic carboxylic acids is 1. The molecule has 1 heterocycles. The standard InChI is InChI=1S/C17H10F5N3O3.C2HF3O2/c18-16(19,14-13(15(26)27)23-25-24-14)11-5-1-9(2-6-11)10-3-7-12(8-4-10)28-17(20,21)22;3-2(4,5)1(6)7/h1-8H,(H,26,27)(H,23,24,25);(H,6,7). The third kappa shape index (κ3) is 7.12. The van der Waals surface area contributed by atoms with Crippen molar-refractivity contribution in [2.24, 2.45) is 0 Å². The zero-order valence-corrected chi connectivity index (χ0v) is 16.7. The molecule has 188 valence electrons. The van der Waals surface area contributed by atoms with Gasteiger partial charge in [-0.3, -0.25) is 0 Å². The van der Waals surface area contributed by atoms with Crippen molar-refractivity contribution in [3.05, 3.63) is 65.5 Å². The summed E-state index contributed by atoms with van der Waals surface area (Å²) in [4.78, 5) is 19.9. The third-order valence-corrected chi connectivity index (χ3v) is 3.96. The smallest absolute Gasteiger partial charge is 0.476 e. The molecule has 16 heteroatoms. The number of carboxylic acid groups (broad SMARTS) is 2. The molecule has 0 atom stereocenters. The molecule has 8 nitrogen and oxygen atoms in total. The van der Waals surface area contributed by atoms with E-state index in [4.69, 9.17) is 15.0 Å². The first-order valence-corrected chi connectivity index (χ1v) is 8.81. The van der Waals surface area contributed by atoms with Crippen LogP contribution in [0.15, 0.2) is 48.5 Å². The van der Waals surface area contributed by atoms with Gasteiger partial charge in [-0.05, 0) is 23.3 Å². The third-order valence-electron chi connectivity index (χ3n) is 3.96. The highest BCUT2D eigenvalue weighted by atomic mass is 19.4. The number of aromatic nitrogens is 3. The van der Waals surface area contributed by atoms with Crippen molar-refractivity contribution < 1.29 is 59.7 Å². The lowest BCUT2D eigenvalue weighted by atomic mass is 9.99. The van der Waals surface area contributed by atoms with Gasteiger partial charge in [-0.1, -0.05) is 36.4 Å². The lowest BCUT2D eigenvalue weighted by molar-refractivity contribution is -0.274. The van der Waals surface area contributed by atoms with Gasteiger partial charge >= 0.3 is 30.4 Å². The van der Waals surface area contributed by atoms with E-state index in [1.165, 1.54) is 24.3 Å². The summed E-state index contributed by atoms with van der Waals surface area (Å²) in [6, 6.07) is 9.65. The number of aliphatic carboxylic acids is 1. The van der Waals surface area contributed by atoms with Gasteiger partial charge in [-0.15, -0.1) is 18.3 Å². The van der Waals surface area contributed by atoms with Gasteiger partial charge in [0.05, 0.1) is 0 Å². The highest BCUT2D eigenvalue weighted by Gasteiger charge is 2.41. The second-order valence-electron chi connectivity index (χ2n) is 6.35. The van der Waals surface area contributed by atoms with E-state index in [2.05, 4.69) is 14.9 Å². The van der Waals surface area contributed by atoms with Gasteiger partial charge < -0.3 is 14.9 Å². The Morgan fingerprint density at radius 2 is 1.23 bits per heavy atom. The molecule has 3 aromatic rings. The maximum atomic E-state index is 14.6. The fourth-order valence-corrected chi connectivity index (χ4v) is 2.46. The average Bonchev–Trinajstić information content (AvgIpc) is 3.24. The number of H-pyrrole nitrogens is 1. The summed E-state index contributed by atoms with van der Waals surface area (Å²) < 4.78 is 101. The minimum atomic E-state index is -5.08. The van der Waals surface area contributed by atoms with Crippen LogP contribution in [0.25, 0.3) is 11.1 Å². The summed E-state index contributed by atoms with van der Waals surface area (Å²) in [7, 11) is 0. The number of nitrogens with one attached hydrogen (secondary N) is 1. The van der Waals surface area contributed by atoms with E-state index in [9.17, 15) is 39.9 Å². The van der Waals surface area contributed by atoms with Gasteiger partial charge in [0.2, 0.25) is 0 Å². The van der Waals surface area contributed by atoms with Crippen LogP contribution in [0.4, 0.5) is 35.1 Å². The van der Waals surface area contributed by atoms with Crippen LogP contribution in [0.1, 0.15) is 21.7 Å². The van der Waals surface area contributed by atoms with E-state index in [-0.39, 0.29) is 0 Å². The summed E-state index contributed by atoms with van der Waals surface area (Å²) >= 11 is 0. The summed E-state index contributed by atoms with van der Waals surface area (Å²) in [6.07, 6.45) is -9.90. The first-order valence-electron chi connectivity index (χ1n) is 8.81. The van der Waals surface area contributed by atoms with E-state index in [0.29, 0.717) is 11.1 Å². The molecule has 35 heavy (non-hydrogen) atoms. The number of ether oxygens (including phenoxy) is 1. The number of benzene rings is 2. The highest BCUT2D eigenvalue weighted by molar-refractivity contribution is 5.86. The molecule has 0 bridgehead atoms.